The van der Waals surface area contributed by atoms with Crippen LogP contribution in [0.15, 0.2) is 83.9 Å². The number of carbonyl (C=O) groups is 1. The number of ether oxygens (including phenoxy) is 2. The molecule has 0 saturated carbocycles. The third kappa shape index (κ3) is 5.45. The minimum Gasteiger partial charge on any atom is -0.490 e. The number of carboxylic acid groups (broad SMARTS) is 1. The fourth-order valence-electron chi connectivity index (χ4n) is 3.89. The highest BCUT2D eigenvalue weighted by atomic mass is 79.9. The molecule has 5 aromatic rings. The van der Waals surface area contributed by atoms with Crippen molar-refractivity contribution in [2.45, 2.75) is 20.0 Å². The first-order chi connectivity index (χ1) is 18.7. The van der Waals surface area contributed by atoms with Crippen LogP contribution in [0, 0.1) is 0 Å². The predicted molar refractivity (Wildman–Crippen MR) is 155 cm³/mol. The molecule has 0 saturated heterocycles. The van der Waals surface area contributed by atoms with Crippen molar-refractivity contribution < 1.29 is 23.8 Å². The number of fused-ring (bicyclic) bond motifs is 2. The van der Waals surface area contributed by atoms with Gasteiger partial charge in [0.2, 0.25) is 5.82 Å². The number of halogens is 2. The van der Waals surface area contributed by atoms with E-state index in [9.17, 15) is 14.7 Å². The Morgan fingerprint density at radius 1 is 1.15 bits per heavy atom. The first-order valence-corrected chi connectivity index (χ1v) is 13.4. The van der Waals surface area contributed by atoms with Crippen molar-refractivity contribution in [3.63, 3.8) is 0 Å². The van der Waals surface area contributed by atoms with E-state index in [4.69, 9.17) is 18.9 Å². The van der Waals surface area contributed by atoms with Crippen LogP contribution in [0.3, 0.4) is 0 Å². The number of benzene rings is 3. The fraction of sp³-hybridized carbons (Fsp3) is 0.143. The first-order valence-electron chi connectivity index (χ1n) is 11.9. The van der Waals surface area contributed by atoms with Crippen LogP contribution in [-0.4, -0.2) is 39.7 Å². The largest absolute Gasteiger partial charge is 0.490 e. The quantitative estimate of drug-likeness (QED) is 0.191. The van der Waals surface area contributed by atoms with E-state index in [2.05, 4.69) is 37.0 Å². The van der Waals surface area contributed by atoms with Crippen molar-refractivity contribution in [1.82, 2.24) is 9.66 Å². The monoisotopic (exact) mass is 653 g/mol. The number of carboxylic acids is 1. The van der Waals surface area contributed by atoms with Crippen LogP contribution in [0.2, 0.25) is 0 Å². The summed E-state index contributed by atoms with van der Waals surface area (Å²) in [7, 11) is 0. The Hall–Kier alpha value is -3.96. The number of aliphatic carboxylic acids is 1. The summed E-state index contributed by atoms with van der Waals surface area (Å²) in [6, 6.07) is 17.7. The molecule has 11 heteroatoms. The summed E-state index contributed by atoms with van der Waals surface area (Å²) < 4.78 is 19.9. The van der Waals surface area contributed by atoms with Gasteiger partial charge in [-0.25, -0.2) is 9.78 Å². The molecule has 0 aliphatic carbocycles. The highest BCUT2D eigenvalue weighted by Crippen LogP contribution is 2.34. The molecule has 39 heavy (non-hydrogen) atoms. The lowest BCUT2D eigenvalue weighted by Crippen LogP contribution is -2.23. The van der Waals surface area contributed by atoms with E-state index in [1.54, 1.807) is 37.3 Å². The molecular formula is C28H21Br2N3O6. The van der Waals surface area contributed by atoms with Crippen LogP contribution >= 0.6 is 31.9 Å². The summed E-state index contributed by atoms with van der Waals surface area (Å²) >= 11 is 6.95. The summed E-state index contributed by atoms with van der Waals surface area (Å²) in [5, 5.41) is 15.0. The van der Waals surface area contributed by atoms with Gasteiger partial charge in [-0.05, 0) is 78.3 Å². The molecule has 0 spiro atoms. The molecule has 2 aromatic heterocycles. The Bertz CT molecular complexity index is 1810. The maximum absolute atomic E-state index is 13.6. The molecule has 1 N–H and O–H groups in total. The Morgan fingerprint density at radius 3 is 2.72 bits per heavy atom. The van der Waals surface area contributed by atoms with Crippen LogP contribution in [0.25, 0.3) is 33.5 Å². The third-order valence-corrected chi connectivity index (χ3v) is 6.96. The molecule has 1 atom stereocenters. The predicted octanol–water partition coefficient (Wildman–Crippen LogP) is 6.47. The summed E-state index contributed by atoms with van der Waals surface area (Å²) in [4.78, 5) is 29.5. The molecule has 0 bridgehead atoms. The number of furan rings is 1. The van der Waals surface area contributed by atoms with Crippen molar-refractivity contribution in [1.29, 1.82) is 0 Å². The van der Waals surface area contributed by atoms with Gasteiger partial charge in [-0.2, -0.15) is 9.78 Å². The number of hydrogen-bond acceptors (Lipinski definition) is 7. The topological polar surface area (TPSA) is 116 Å². The van der Waals surface area contributed by atoms with E-state index in [-0.39, 0.29) is 17.1 Å². The van der Waals surface area contributed by atoms with Gasteiger partial charge >= 0.3 is 5.97 Å². The summed E-state index contributed by atoms with van der Waals surface area (Å²) in [6.45, 7) is 3.56. The van der Waals surface area contributed by atoms with Gasteiger partial charge in [-0.15, -0.1) is 0 Å². The van der Waals surface area contributed by atoms with Gasteiger partial charge < -0.3 is 19.0 Å². The van der Waals surface area contributed by atoms with Crippen LogP contribution in [0.5, 0.6) is 11.5 Å². The Balaban J connectivity index is 1.64. The highest BCUT2D eigenvalue weighted by Gasteiger charge is 2.19. The Kier molecular flexibility index (Phi) is 7.53. The summed E-state index contributed by atoms with van der Waals surface area (Å²) in [5.41, 5.74) is 1.35. The van der Waals surface area contributed by atoms with Crippen LogP contribution in [0.1, 0.15) is 19.4 Å². The Labute approximate surface area is 238 Å². The zero-order valence-corrected chi connectivity index (χ0v) is 23.9. The van der Waals surface area contributed by atoms with Gasteiger partial charge in [0.15, 0.2) is 23.4 Å². The van der Waals surface area contributed by atoms with Crippen molar-refractivity contribution in [2.75, 3.05) is 6.61 Å². The second-order valence-corrected chi connectivity index (χ2v) is 10.2. The molecule has 198 valence electrons. The maximum atomic E-state index is 13.6. The van der Waals surface area contributed by atoms with Gasteiger partial charge in [0, 0.05) is 19.9 Å². The number of aromatic nitrogens is 2. The Morgan fingerprint density at radius 2 is 1.95 bits per heavy atom. The molecule has 0 amide bonds. The molecule has 0 aliphatic rings. The van der Waals surface area contributed by atoms with Crippen molar-refractivity contribution >= 4 is 65.9 Å². The molecule has 2 heterocycles. The first kappa shape index (κ1) is 26.6. The van der Waals surface area contributed by atoms with Gasteiger partial charge in [-0.1, -0.05) is 28.1 Å². The zero-order chi connectivity index (χ0) is 27.7. The molecule has 0 radical (unpaired) electrons. The van der Waals surface area contributed by atoms with Crippen LogP contribution < -0.4 is 15.0 Å². The second-order valence-electron chi connectivity index (χ2n) is 8.46. The molecule has 0 unspecified atom stereocenters. The number of hydrogen-bond donors (Lipinski definition) is 1. The molecule has 0 fully saturated rings. The highest BCUT2D eigenvalue weighted by molar-refractivity contribution is 9.10. The van der Waals surface area contributed by atoms with Crippen LogP contribution in [0.4, 0.5) is 0 Å². The zero-order valence-electron chi connectivity index (χ0n) is 20.7. The van der Waals surface area contributed by atoms with E-state index in [0.717, 1.165) is 9.86 Å². The van der Waals surface area contributed by atoms with E-state index < -0.39 is 12.1 Å². The van der Waals surface area contributed by atoms with E-state index in [1.807, 2.05) is 30.3 Å². The van der Waals surface area contributed by atoms with Crippen LogP contribution in [-0.2, 0) is 4.79 Å². The van der Waals surface area contributed by atoms with Crippen molar-refractivity contribution in [3.8, 4) is 23.1 Å². The van der Waals surface area contributed by atoms with Crippen molar-refractivity contribution in [3.05, 3.63) is 85.5 Å². The van der Waals surface area contributed by atoms with E-state index in [1.165, 1.54) is 17.8 Å². The van der Waals surface area contributed by atoms with Gasteiger partial charge in [0.05, 0.1) is 23.7 Å². The lowest BCUT2D eigenvalue weighted by Gasteiger charge is -2.16. The lowest BCUT2D eigenvalue weighted by molar-refractivity contribution is -0.144. The molecule has 9 nitrogen and oxygen atoms in total. The standard InChI is InChI=1S/C28H21Br2N3O6/c1-3-37-23-12-17(20(30)13-24(23)38-15(2)28(35)36)14-31-33-26(32-21-7-5-4-6-19(21)27(33)34)25-11-16-10-18(29)8-9-22(16)39-25/h4-15H,3H2,1-2H3,(H,35,36)/t15-/m1/s1. The number of rotatable bonds is 8. The number of nitrogens with zero attached hydrogens (tertiary/aromatic N) is 3. The molecular weight excluding hydrogens is 634 g/mol. The van der Waals surface area contributed by atoms with Gasteiger partial charge in [0.1, 0.15) is 5.58 Å². The maximum Gasteiger partial charge on any atom is 0.344 e. The van der Waals surface area contributed by atoms with Gasteiger partial charge in [-0.3, -0.25) is 4.79 Å². The minimum absolute atomic E-state index is 0.235. The molecule has 3 aromatic carbocycles. The van der Waals surface area contributed by atoms with E-state index >= 15 is 0 Å². The number of para-hydroxylation sites is 1. The third-order valence-electron chi connectivity index (χ3n) is 5.78. The van der Waals surface area contributed by atoms with Gasteiger partial charge in [0.25, 0.3) is 5.56 Å². The van der Waals surface area contributed by atoms with Crippen molar-refractivity contribution in [2.24, 2.45) is 5.10 Å². The summed E-state index contributed by atoms with van der Waals surface area (Å²) in [6.07, 6.45) is 0.405. The average molecular weight is 655 g/mol. The fourth-order valence-corrected chi connectivity index (χ4v) is 4.69. The SMILES string of the molecule is CCOc1cc(C=Nn2c(-c3cc4cc(Br)ccc4o3)nc3ccccc3c2=O)c(Br)cc1O[C@H](C)C(=O)O. The molecule has 5 rings (SSSR count). The second kappa shape index (κ2) is 11.0. The smallest absolute Gasteiger partial charge is 0.344 e. The lowest BCUT2D eigenvalue weighted by atomic mass is 10.2. The summed E-state index contributed by atoms with van der Waals surface area (Å²) in [5.74, 6) is 0.104. The van der Waals surface area contributed by atoms with E-state index in [0.29, 0.717) is 44.6 Å². The normalized spacial score (nSPS) is 12.3. The molecule has 0 aliphatic heterocycles. The average Bonchev–Trinajstić information content (AvgIpc) is 3.33. The minimum atomic E-state index is -1.10.